The van der Waals surface area contributed by atoms with E-state index in [0.29, 0.717) is 63.8 Å². The summed E-state index contributed by atoms with van der Waals surface area (Å²) in [6.45, 7) is 5.39. The molecule has 0 aliphatic carbocycles. The van der Waals surface area contributed by atoms with Crippen LogP contribution in [0.5, 0.6) is 11.6 Å². The molecule has 0 atom stereocenters. The fourth-order valence-electron chi connectivity index (χ4n) is 4.41. The molecule has 0 N–H and O–H groups in total. The van der Waals surface area contributed by atoms with Crippen molar-refractivity contribution in [1.82, 2.24) is 9.97 Å². The third kappa shape index (κ3) is 9.29. The van der Waals surface area contributed by atoms with Gasteiger partial charge in [-0.1, -0.05) is 48.5 Å². The number of nitrogens with zero attached hydrogens (tertiary/aromatic N) is 2. The number of esters is 2. The molecule has 0 unspecified atom stereocenters. The molecule has 8 nitrogen and oxygen atoms in total. The van der Waals surface area contributed by atoms with E-state index in [0.717, 1.165) is 46.2 Å². The Morgan fingerprint density at radius 2 is 1.29 bits per heavy atom. The van der Waals surface area contributed by atoms with Gasteiger partial charge >= 0.3 is 11.9 Å². The van der Waals surface area contributed by atoms with E-state index >= 15 is 0 Å². The largest absolute Gasteiger partial charge is 0.494 e. The highest BCUT2D eigenvalue weighted by Crippen LogP contribution is 2.29. The molecule has 4 rings (SSSR count). The second-order valence-corrected chi connectivity index (χ2v) is 9.73. The standard InChI is InChI=1S/C34H38N2O6/c1-3-39-32(37)14-8-10-20-41-29-19-18-26-22-28(17-16-27(26)23-29)34-35-30(25-12-6-5-7-13-25)24-31(36-34)42-21-11-9-15-33(38)40-4-2/h5-7,12-13,16-19,22-24H,3-4,8-11,14-15,20-21H2,1-2H3. The predicted molar refractivity (Wildman–Crippen MR) is 162 cm³/mol. The highest BCUT2D eigenvalue weighted by molar-refractivity contribution is 5.87. The summed E-state index contributed by atoms with van der Waals surface area (Å²) >= 11 is 0. The van der Waals surface area contributed by atoms with Crippen LogP contribution in [0.2, 0.25) is 0 Å². The summed E-state index contributed by atoms with van der Waals surface area (Å²) in [4.78, 5) is 32.6. The molecule has 0 saturated heterocycles. The van der Waals surface area contributed by atoms with Crippen LogP contribution in [0.4, 0.5) is 0 Å². The van der Waals surface area contributed by atoms with Gasteiger partial charge in [0, 0.05) is 30.0 Å². The van der Waals surface area contributed by atoms with Crippen molar-refractivity contribution in [3.05, 3.63) is 72.8 Å². The maximum atomic E-state index is 11.6. The molecule has 3 aromatic carbocycles. The van der Waals surface area contributed by atoms with Crippen LogP contribution in [0.3, 0.4) is 0 Å². The van der Waals surface area contributed by atoms with Crippen molar-refractivity contribution in [2.75, 3.05) is 26.4 Å². The highest BCUT2D eigenvalue weighted by Gasteiger charge is 2.11. The van der Waals surface area contributed by atoms with Crippen molar-refractivity contribution in [3.8, 4) is 34.3 Å². The molecule has 0 amide bonds. The lowest BCUT2D eigenvalue weighted by Crippen LogP contribution is -2.06. The van der Waals surface area contributed by atoms with E-state index in [-0.39, 0.29) is 11.9 Å². The van der Waals surface area contributed by atoms with Gasteiger partial charge in [-0.15, -0.1) is 0 Å². The Hall–Kier alpha value is -4.46. The molecule has 0 radical (unpaired) electrons. The lowest BCUT2D eigenvalue weighted by Gasteiger charge is -2.11. The average molecular weight is 571 g/mol. The van der Waals surface area contributed by atoms with E-state index < -0.39 is 0 Å². The van der Waals surface area contributed by atoms with Crippen molar-refractivity contribution >= 4 is 22.7 Å². The van der Waals surface area contributed by atoms with Crippen LogP contribution < -0.4 is 9.47 Å². The number of ether oxygens (including phenoxy) is 4. The molecule has 1 aromatic heterocycles. The van der Waals surface area contributed by atoms with Crippen LogP contribution in [0.15, 0.2) is 72.8 Å². The lowest BCUT2D eigenvalue weighted by atomic mass is 10.1. The Morgan fingerprint density at radius 1 is 0.643 bits per heavy atom. The lowest BCUT2D eigenvalue weighted by molar-refractivity contribution is -0.144. The van der Waals surface area contributed by atoms with Crippen molar-refractivity contribution in [2.24, 2.45) is 0 Å². The maximum Gasteiger partial charge on any atom is 0.305 e. The monoisotopic (exact) mass is 570 g/mol. The van der Waals surface area contributed by atoms with E-state index in [2.05, 4.69) is 6.07 Å². The van der Waals surface area contributed by atoms with Crippen LogP contribution in [-0.4, -0.2) is 48.3 Å². The molecule has 0 spiro atoms. The van der Waals surface area contributed by atoms with Crippen molar-refractivity contribution in [2.45, 2.75) is 52.4 Å². The second-order valence-electron chi connectivity index (χ2n) is 9.73. The van der Waals surface area contributed by atoms with E-state index in [1.54, 1.807) is 6.92 Å². The SMILES string of the molecule is CCOC(=O)CCCCOc1ccc2cc(-c3nc(OCCCCC(=O)OCC)cc(-c4ccccc4)n3)ccc2c1. The van der Waals surface area contributed by atoms with Crippen molar-refractivity contribution in [3.63, 3.8) is 0 Å². The summed E-state index contributed by atoms with van der Waals surface area (Å²) < 4.78 is 21.9. The smallest absolute Gasteiger partial charge is 0.305 e. The first-order valence-electron chi connectivity index (χ1n) is 14.6. The van der Waals surface area contributed by atoms with Crippen LogP contribution >= 0.6 is 0 Å². The summed E-state index contributed by atoms with van der Waals surface area (Å²) in [7, 11) is 0. The zero-order chi connectivity index (χ0) is 29.6. The third-order valence-corrected chi connectivity index (χ3v) is 6.52. The summed E-state index contributed by atoms with van der Waals surface area (Å²) in [6, 6.07) is 23.9. The summed E-state index contributed by atoms with van der Waals surface area (Å²) in [6.07, 6.45) is 3.70. The molecular formula is C34H38N2O6. The number of rotatable bonds is 16. The van der Waals surface area contributed by atoms with E-state index in [9.17, 15) is 9.59 Å². The number of carbonyl (C=O) groups is 2. The first-order valence-corrected chi connectivity index (χ1v) is 14.6. The van der Waals surface area contributed by atoms with Gasteiger partial charge in [0.25, 0.3) is 0 Å². The van der Waals surface area contributed by atoms with Crippen LogP contribution in [0, 0.1) is 0 Å². The summed E-state index contributed by atoms with van der Waals surface area (Å²) in [5, 5.41) is 2.08. The van der Waals surface area contributed by atoms with E-state index in [4.69, 9.17) is 28.9 Å². The zero-order valence-electron chi connectivity index (χ0n) is 24.3. The maximum absolute atomic E-state index is 11.6. The second kappa shape index (κ2) is 16.1. The fourth-order valence-corrected chi connectivity index (χ4v) is 4.41. The topological polar surface area (TPSA) is 96.8 Å². The van der Waals surface area contributed by atoms with Crippen molar-refractivity contribution < 1.29 is 28.5 Å². The van der Waals surface area contributed by atoms with Crippen LogP contribution in [0.25, 0.3) is 33.4 Å². The van der Waals surface area contributed by atoms with Gasteiger partial charge in [0.2, 0.25) is 5.88 Å². The minimum atomic E-state index is -0.186. The molecule has 0 bridgehead atoms. The van der Waals surface area contributed by atoms with Gasteiger partial charge in [-0.3, -0.25) is 9.59 Å². The minimum Gasteiger partial charge on any atom is -0.494 e. The molecule has 220 valence electrons. The van der Waals surface area contributed by atoms with Crippen molar-refractivity contribution in [1.29, 1.82) is 0 Å². The molecule has 0 saturated carbocycles. The molecule has 1 heterocycles. The van der Waals surface area contributed by atoms with Gasteiger partial charge in [0.15, 0.2) is 5.82 Å². The Morgan fingerprint density at radius 3 is 1.98 bits per heavy atom. The molecule has 42 heavy (non-hydrogen) atoms. The first kappa shape index (κ1) is 30.5. The Labute approximate surface area is 247 Å². The van der Waals surface area contributed by atoms with Crippen LogP contribution in [0.1, 0.15) is 52.4 Å². The Bertz CT molecular complexity index is 1460. The average Bonchev–Trinajstić information content (AvgIpc) is 3.01. The predicted octanol–water partition coefficient (Wildman–Crippen LogP) is 7.19. The normalized spacial score (nSPS) is 10.8. The van der Waals surface area contributed by atoms with Gasteiger partial charge in [-0.05, 0) is 68.5 Å². The molecule has 0 fully saturated rings. The van der Waals surface area contributed by atoms with Gasteiger partial charge in [0.1, 0.15) is 5.75 Å². The molecular weight excluding hydrogens is 532 g/mol. The number of fused-ring (bicyclic) bond motifs is 1. The Kier molecular flexibility index (Phi) is 11.7. The molecule has 8 heteroatoms. The number of carbonyl (C=O) groups excluding carboxylic acids is 2. The van der Waals surface area contributed by atoms with Crippen LogP contribution in [-0.2, 0) is 19.1 Å². The molecule has 4 aromatic rings. The number of hydrogen-bond acceptors (Lipinski definition) is 8. The highest BCUT2D eigenvalue weighted by atomic mass is 16.5. The zero-order valence-corrected chi connectivity index (χ0v) is 24.3. The third-order valence-electron chi connectivity index (χ3n) is 6.52. The minimum absolute atomic E-state index is 0.165. The summed E-state index contributed by atoms with van der Waals surface area (Å²) in [5.41, 5.74) is 2.62. The number of aromatic nitrogens is 2. The van der Waals surface area contributed by atoms with E-state index in [1.807, 2.05) is 73.7 Å². The van der Waals surface area contributed by atoms with E-state index in [1.165, 1.54) is 0 Å². The number of benzene rings is 3. The quantitative estimate of drug-likeness (QED) is 0.103. The molecule has 0 aliphatic heterocycles. The first-order chi connectivity index (χ1) is 20.6. The molecule has 0 aliphatic rings. The number of hydrogen-bond donors (Lipinski definition) is 0. The van der Waals surface area contributed by atoms with Gasteiger partial charge in [-0.2, -0.15) is 4.98 Å². The number of unbranched alkanes of at least 4 members (excludes halogenated alkanes) is 2. The summed E-state index contributed by atoms with van der Waals surface area (Å²) in [5.74, 6) is 1.49. The van der Waals surface area contributed by atoms with Gasteiger partial charge < -0.3 is 18.9 Å². The Balaban J connectivity index is 1.44. The van der Waals surface area contributed by atoms with Gasteiger partial charge in [0.05, 0.1) is 32.1 Å². The fraction of sp³-hybridized carbons (Fsp3) is 0.353. The van der Waals surface area contributed by atoms with Gasteiger partial charge in [-0.25, -0.2) is 4.98 Å².